The molecule has 0 bridgehead atoms. The van der Waals surface area contributed by atoms with Crippen LogP contribution in [0.1, 0.15) is 50.2 Å². The lowest BCUT2D eigenvalue weighted by Gasteiger charge is -2.16. The summed E-state index contributed by atoms with van der Waals surface area (Å²) in [6, 6.07) is 9.63. The molecule has 0 unspecified atom stereocenters. The van der Waals surface area contributed by atoms with E-state index in [1.165, 1.54) is 6.07 Å². The molecule has 2 aromatic carbocycles. The molecule has 162 valence electrons. The number of methoxy groups -OCH3 is 1. The number of rotatable bonds is 10. The molecule has 30 heavy (non-hydrogen) atoms. The van der Waals surface area contributed by atoms with Gasteiger partial charge in [0.15, 0.2) is 0 Å². The highest BCUT2D eigenvalue weighted by Gasteiger charge is 2.19. The lowest BCUT2D eigenvalue weighted by Crippen LogP contribution is -2.16. The van der Waals surface area contributed by atoms with Crippen molar-refractivity contribution in [1.82, 2.24) is 0 Å². The molecule has 0 heterocycles. The van der Waals surface area contributed by atoms with Crippen LogP contribution < -0.4 is 5.73 Å². The van der Waals surface area contributed by atoms with Gasteiger partial charge in [0.1, 0.15) is 11.6 Å². The van der Waals surface area contributed by atoms with Gasteiger partial charge < -0.3 is 15.6 Å². The van der Waals surface area contributed by atoms with E-state index in [1.54, 1.807) is 37.4 Å². The second-order valence-corrected chi connectivity index (χ2v) is 7.81. The van der Waals surface area contributed by atoms with Gasteiger partial charge in [-0.3, -0.25) is 4.79 Å². The van der Waals surface area contributed by atoms with Crippen molar-refractivity contribution in [2.75, 3.05) is 7.11 Å². The number of nitrogens with two attached hydrogens (primary N) is 1. The van der Waals surface area contributed by atoms with Crippen molar-refractivity contribution in [3.05, 3.63) is 64.1 Å². The number of aryl methyl sites for hydroxylation is 1. The van der Waals surface area contributed by atoms with E-state index in [4.69, 9.17) is 22.1 Å². The van der Waals surface area contributed by atoms with Gasteiger partial charge in [-0.25, -0.2) is 4.39 Å². The Morgan fingerprint density at radius 3 is 2.57 bits per heavy atom. The Hall–Kier alpha value is -2.37. The lowest BCUT2D eigenvalue weighted by atomic mass is 9.93. The zero-order chi connectivity index (χ0) is 22.3. The third-order valence-electron chi connectivity index (χ3n) is 5.17. The maximum Gasteiger partial charge on any atom is 0.252 e. The summed E-state index contributed by atoms with van der Waals surface area (Å²) in [7, 11) is 1.68. The molecule has 2 rings (SSSR count). The van der Waals surface area contributed by atoms with E-state index in [0.717, 1.165) is 24.8 Å². The Bertz CT molecular complexity index is 927. The van der Waals surface area contributed by atoms with Gasteiger partial charge in [-0.1, -0.05) is 37.1 Å². The van der Waals surface area contributed by atoms with Crippen LogP contribution in [0.3, 0.4) is 0 Å². The topological polar surface area (TPSA) is 72.5 Å². The van der Waals surface area contributed by atoms with Crippen LogP contribution in [-0.4, -0.2) is 24.2 Å². The Morgan fingerprint density at radius 1 is 1.23 bits per heavy atom. The molecule has 0 saturated carbocycles. The largest absolute Gasteiger partial charge is 0.511 e. The van der Waals surface area contributed by atoms with Crippen LogP contribution in [0.4, 0.5) is 4.39 Å². The standard InChI is InChI=1S/C24H29ClFNO3/c1-4-6-18(30-3)7-5-8-22(28)23(24(27)29)20-13-16(10-9-15(20)2)19-12-11-17(25)14-21(19)26/h9-14,18,28H,4-8H2,1-3H3,(H2,27,29)/b23-22+/t18-/m1/s1. The fourth-order valence-electron chi connectivity index (χ4n) is 3.54. The summed E-state index contributed by atoms with van der Waals surface area (Å²) in [6.07, 6.45) is 3.82. The zero-order valence-electron chi connectivity index (χ0n) is 17.7. The van der Waals surface area contributed by atoms with Gasteiger partial charge in [-0.2, -0.15) is 0 Å². The van der Waals surface area contributed by atoms with Crippen LogP contribution in [0.2, 0.25) is 5.02 Å². The van der Waals surface area contributed by atoms with Crippen LogP contribution in [-0.2, 0) is 9.53 Å². The third-order valence-corrected chi connectivity index (χ3v) is 5.40. The van der Waals surface area contributed by atoms with Crippen LogP contribution >= 0.6 is 11.6 Å². The first-order valence-electron chi connectivity index (χ1n) is 10.1. The average Bonchev–Trinajstić information content (AvgIpc) is 2.69. The number of carbonyl (C=O) groups excluding carboxylic acids is 1. The Labute approximate surface area is 182 Å². The molecule has 6 heteroatoms. The predicted molar refractivity (Wildman–Crippen MR) is 120 cm³/mol. The summed E-state index contributed by atoms with van der Waals surface area (Å²) in [5.74, 6) is -1.25. The average molecular weight is 434 g/mol. The predicted octanol–water partition coefficient (Wildman–Crippen LogP) is 6.19. The summed E-state index contributed by atoms with van der Waals surface area (Å²) in [6.45, 7) is 3.91. The number of aliphatic hydroxyl groups is 1. The summed E-state index contributed by atoms with van der Waals surface area (Å²) >= 11 is 5.84. The molecule has 0 aliphatic rings. The highest BCUT2D eigenvalue weighted by Crippen LogP contribution is 2.31. The minimum atomic E-state index is -0.721. The minimum Gasteiger partial charge on any atom is -0.511 e. The summed E-state index contributed by atoms with van der Waals surface area (Å²) in [5.41, 5.74) is 7.84. The smallest absolute Gasteiger partial charge is 0.252 e. The molecule has 0 aromatic heterocycles. The Kier molecular flexibility index (Phi) is 8.88. The van der Waals surface area contributed by atoms with Crippen molar-refractivity contribution in [2.45, 2.75) is 52.1 Å². The van der Waals surface area contributed by atoms with Gasteiger partial charge >= 0.3 is 0 Å². The number of amides is 1. The fourth-order valence-corrected chi connectivity index (χ4v) is 3.70. The van der Waals surface area contributed by atoms with E-state index < -0.39 is 11.7 Å². The molecule has 4 nitrogen and oxygen atoms in total. The summed E-state index contributed by atoms with van der Waals surface area (Å²) in [4.78, 5) is 12.2. The maximum absolute atomic E-state index is 14.4. The van der Waals surface area contributed by atoms with E-state index >= 15 is 0 Å². The maximum atomic E-state index is 14.4. The molecule has 0 aliphatic heterocycles. The number of allylic oxidation sites excluding steroid dienone is 1. The number of halogens is 2. The molecule has 1 amide bonds. The highest BCUT2D eigenvalue weighted by atomic mass is 35.5. The van der Waals surface area contributed by atoms with Crippen LogP contribution in [0.25, 0.3) is 16.7 Å². The van der Waals surface area contributed by atoms with Crippen LogP contribution in [0, 0.1) is 12.7 Å². The van der Waals surface area contributed by atoms with E-state index in [-0.39, 0.29) is 17.4 Å². The van der Waals surface area contributed by atoms with Gasteiger partial charge in [-0.15, -0.1) is 0 Å². The minimum absolute atomic E-state index is 0.0631. The third kappa shape index (κ3) is 6.07. The molecule has 0 fully saturated rings. The van der Waals surface area contributed by atoms with Crippen molar-refractivity contribution in [3.8, 4) is 11.1 Å². The molecule has 0 saturated heterocycles. The van der Waals surface area contributed by atoms with Gasteiger partial charge in [-0.05, 0) is 67.1 Å². The van der Waals surface area contributed by atoms with Crippen LogP contribution in [0.15, 0.2) is 42.2 Å². The number of hydrogen-bond donors (Lipinski definition) is 2. The van der Waals surface area contributed by atoms with Crippen molar-refractivity contribution in [3.63, 3.8) is 0 Å². The number of benzene rings is 2. The van der Waals surface area contributed by atoms with Gasteiger partial charge in [0.05, 0.1) is 11.7 Å². The van der Waals surface area contributed by atoms with Gasteiger partial charge in [0.25, 0.3) is 5.91 Å². The van der Waals surface area contributed by atoms with Crippen molar-refractivity contribution in [2.24, 2.45) is 5.73 Å². The van der Waals surface area contributed by atoms with E-state index in [1.807, 2.05) is 6.92 Å². The summed E-state index contributed by atoms with van der Waals surface area (Å²) < 4.78 is 19.8. The highest BCUT2D eigenvalue weighted by molar-refractivity contribution is 6.30. The zero-order valence-corrected chi connectivity index (χ0v) is 18.4. The fraction of sp³-hybridized carbons (Fsp3) is 0.375. The van der Waals surface area contributed by atoms with Crippen LogP contribution in [0.5, 0.6) is 0 Å². The lowest BCUT2D eigenvalue weighted by molar-refractivity contribution is -0.112. The Balaban J connectivity index is 2.36. The van der Waals surface area contributed by atoms with Crippen molar-refractivity contribution < 1.29 is 19.0 Å². The molecule has 0 radical (unpaired) electrons. The van der Waals surface area contributed by atoms with E-state index in [9.17, 15) is 14.3 Å². The first kappa shape index (κ1) is 23.9. The van der Waals surface area contributed by atoms with E-state index in [2.05, 4.69) is 6.92 Å². The molecule has 3 N–H and O–H groups in total. The van der Waals surface area contributed by atoms with Gasteiger partial charge in [0.2, 0.25) is 0 Å². The van der Waals surface area contributed by atoms with Crippen molar-refractivity contribution in [1.29, 1.82) is 0 Å². The second kappa shape index (κ2) is 11.1. The number of hydrogen-bond acceptors (Lipinski definition) is 3. The second-order valence-electron chi connectivity index (χ2n) is 7.38. The van der Waals surface area contributed by atoms with E-state index in [0.29, 0.717) is 34.6 Å². The molecular formula is C24H29ClFNO3. The molecule has 0 aliphatic carbocycles. The summed E-state index contributed by atoms with van der Waals surface area (Å²) in [5, 5.41) is 11.0. The first-order valence-corrected chi connectivity index (χ1v) is 10.5. The number of primary amides is 1. The molecule has 2 aromatic rings. The molecule has 1 atom stereocenters. The number of ether oxygens (including phenoxy) is 1. The quantitative estimate of drug-likeness (QED) is 0.346. The Morgan fingerprint density at radius 2 is 1.97 bits per heavy atom. The monoisotopic (exact) mass is 433 g/mol. The number of aliphatic hydroxyl groups excluding tert-OH is 1. The molecule has 0 spiro atoms. The normalized spacial score (nSPS) is 13.1. The first-order chi connectivity index (χ1) is 14.3. The van der Waals surface area contributed by atoms with Gasteiger partial charge in [0, 0.05) is 24.1 Å². The SMILES string of the molecule is CCC[C@H](CCC/C(O)=C(\C(N)=O)c1cc(-c2ccc(Cl)cc2F)ccc1C)OC. The van der Waals surface area contributed by atoms with Crippen molar-refractivity contribution >= 4 is 23.1 Å². The number of carbonyl (C=O) groups is 1. The molecular weight excluding hydrogens is 405 g/mol.